The molecule has 0 radical (unpaired) electrons. The zero-order valence-electron chi connectivity index (χ0n) is 10.7. The molecule has 19 heavy (non-hydrogen) atoms. The van der Waals surface area contributed by atoms with Crippen molar-refractivity contribution in [3.63, 3.8) is 0 Å². The highest BCUT2D eigenvalue weighted by Gasteiger charge is 2.19. The molecule has 1 aliphatic rings. The highest BCUT2D eigenvalue weighted by atomic mass is 16.5. The first-order valence-corrected chi connectivity index (χ1v) is 6.53. The van der Waals surface area contributed by atoms with Gasteiger partial charge in [-0.2, -0.15) is 4.98 Å². The van der Waals surface area contributed by atoms with E-state index in [1.807, 2.05) is 18.2 Å². The summed E-state index contributed by atoms with van der Waals surface area (Å²) in [5, 5.41) is 3.96. The van der Waals surface area contributed by atoms with Crippen LogP contribution in [0.4, 0.5) is 0 Å². The average Bonchev–Trinajstić information content (AvgIpc) is 2.88. The normalized spacial score (nSPS) is 20.6. The smallest absolute Gasteiger partial charge is 0.241 e. The van der Waals surface area contributed by atoms with Crippen molar-refractivity contribution in [2.75, 3.05) is 13.1 Å². The van der Waals surface area contributed by atoms with Gasteiger partial charge in [0.05, 0.1) is 6.54 Å². The van der Waals surface area contributed by atoms with Gasteiger partial charge in [0.15, 0.2) is 0 Å². The lowest BCUT2D eigenvalue weighted by atomic mass is 10.1. The van der Waals surface area contributed by atoms with Gasteiger partial charge in [-0.15, -0.1) is 0 Å². The molecular formula is C13H17N5O. The third-order valence-corrected chi connectivity index (χ3v) is 3.26. The number of nitrogens with zero attached hydrogens (tertiary/aromatic N) is 4. The molecule has 3 rings (SSSR count). The number of hydrogen-bond acceptors (Lipinski definition) is 6. The summed E-state index contributed by atoms with van der Waals surface area (Å²) < 4.78 is 5.27. The fraction of sp³-hybridized carbons (Fsp3) is 0.462. The first kappa shape index (κ1) is 12.3. The van der Waals surface area contributed by atoms with Gasteiger partial charge in [0.1, 0.15) is 5.69 Å². The van der Waals surface area contributed by atoms with Gasteiger partial charge in [-0.3, -0.25) is 9.88 Å². The molecule has 0 bridgehead atoms. The average molecular weight is 259 g/mol. The van der Waals surface area contributed by atoms with Gasteiger partial charge in [0, 0.05) is 18.8 Å². The van der Waals surface area contributed by atoms with Crippen molar-refractivity contribution in [1.82, 2.24) is 20.0 Å². The molecule has 0 unspecified atom stereocenters. The molecule has 2 aromatic rings. The molecule has 0 amide bonds. The number of nitrogens with two attached hydrogens (primary N) is 1. The summed E-state index contributed by atoms with van der Waals surface area (Å²) in [5.74, 6) is 1.16. The standard InChI is InChI=1S/C13H17N5O/c14-10-4-3-7-18(8-10)9-12-16-13(17-19-12)11-5-1-2-6-15-11/h1-2,5-6,10H,3-4,7-9,14H2/t10-/m1/s1. The Bertz CT molecular complexity index is 527. The minimum atomic E-state index is 0.256. The number of likely N-dealkylation sites (tertiary alicyclic amines) is 1. The quantitative estimate of drug-likeness (QED) is 0.887. The Kier molecular flexibility index (Phi) is 3.52. The van der Waals surface area contributed by atoms with Crippen molar-refractivity contribution in [2.24, 2.45) is 5.73 Å². The van der Waals surface area contributed by atoms with Crippen LogP contribution in [-0.4, -0.2) is 39.2 Å². The predicted octanol–water partition coefficient (Wildman–Crippen LogP) is 1.05. The Hall–Kier alpha value is -1.79. The summed E-state index contributed by atoms with van der Waals surface area (Å²) in [5.41, 5.74) is 6.69. The van der Waals surface area contributed by atoms with E-state index in [0.717, 1.165) is 31.6 Å². The van der Waals surface area contributed by atoms with E-state index in [1.54, 1.807) is 6.20 Å². The minimum absolute atomic E-state index is 0.256. The number of piperidine rings is 1. The third-order valence-electron chi connectivity index (χ3n) is 3.26. The van der Waals surface area contributed by atoms with Gasteiger partial charge >= 0.3 is 0 Å². The Morgan fingerprint density at radius 2 is 2.37 bits per heavy atom. The van der Waals surface area contributed by atoms with Crippen LogP contribution in [0.25, 0.3) is 11.5 Å². The summed E-state index contributed by atoms with van der Waals surface area (Å²) >= 11 is 0. The second-order valence-electron chi connectivity index (χ2n) is 4.86. The third kappa shape index (κ3) is 2.97. The van der Waals surface area contributed by atoms with E-state index < -0.39 is 0 Å². The van der Waals surface area contributed by atoms with E-state index >= 15 is 0 Å². The monoisotopic (exact) mass is 259 g/mol. The molecule has 0 aliphatic carbocycles. The van der Waals surface area contributed by atoms with Crippen LogP contribution in [0.3, 0.4) is 0 Å². The van der Waals surface area contributed by atoms with Crippen LogP contribution in [0.2, 0.25) is 0 Å². The van der Waals surface area contributed by atoms with Gasteiger partial charge < -0.3 is 10.3 Å². The molecular weight excluding hydrogens is 242 g/mol. The van der Waals surface area contributed by atoms with E-state index in [9.17, 15) is 0 Å². The zero-order chi connectivity index (χ0) is 13.1. The van der Waals surface area contributed by atoms with E-state index in [4.69, 9.17) is 10.3 Å². The molecule has 1 fully saturated rings. The summed E-state index contributed by atoms with van der Waals surface area (Å²) in [6.45, 7) is 2.59. The molecule has 1 saturated heterocycles. The molecule has 0 saturated carbocycles. The van der Waals surface area contributed by atoms with Crippen molar-refractivity contribution < 1.29 is 4.52 Å². The maximum atomic E-state index is 5.96. The van der Waals surface area contributed by atoms with E-state index in [2.05, 4.69) is 20.0 Å². The highest BCUT2D eigenvalue weighted by molar-refractivity contribution is 5.46. The van der Waals surface area contributed by atoms with Gasteiger partial charge in [-0.1, -0.05) is 11.2 Å². The summed E-state index contributed by atoms with van der Waals surface area (Å²) in [7, 11) is 0. The predicted molar refractivity (Wildman–Crippen MR) is 70.0 cm³/mol. The highest BCUT2D eigenvalue weighted by Crippen LogP contribution is 2.15. The van der Waals surface area contributed by atoms with Crippen molar-refractivity contribution in [3.8, 4) is 11.5 Å². The maximum absolute atomic E-state index is 5.96. The van der Waals surface area contributed by atoms with Crippen LogP contribution in [-0.2, 0) is 6.54 Å². The van der Waals surface area contributed by atoms with E-state index in [1.165, 1.54) is 0 Å². The molecule has 2 N–H and O–H groups in total. The number of hydrogen-bond donors (Lipinski definition) is 1. The molecule has 0 aromatic carbocycles. The van der Waals surface area contributed by atoms with Crippen LogP contribution >= 0.6 is 0 Å². The summed E-state index contributed by atoms with van der Waals surface area (Å²) in [6.07, 6.45) is 3.94. The zero-order valence-corrected chi connectivity index (χ0v) is 10.7. The second kappa shape index (κ2) is 5.46. The largest absolute Gasteiger partial charge is 0.337 e. The van der Waals surface area contributed by atoms with Crippen LogP contribution in [0.1, 0.15) is 18.7 Å². The second-order valence-corrected chi connectivity index (χ2v) is 4.86. The minimum Gasteiger partial charge on any atom is -0.337 e. The first-order chi connectivity index (χ1) is 9.31. The Balaban J connectivity index is 1.68. The van der Waals surface area contributed by atoms with Gasteiger partial charge in [0.2, 0.25) is 11.7 Å². The number of pyridine rings is 1. The molecule has 3 heterocycles. The Morgan fingerprint density at radius 3 is 3.16 bits per heavy atom. The number of rotatable bonds is 3. The van der Waals surface area contributed by atoms with Crippen LogP contribution in [0.15, 0.2) is 28.9 Å². The van der Waals surface area contributed by atoms with Crippen LogP contribution in [0.5, 0.6) is 0 Å². The lowest BCUT2D eigenvalue weighted by Crippen LogP contribution is -2.42. The fourth-order valence-electron chi connectivity index (χ4n) is 2.34. The number of aromatic nitrogens is 3. The molecule has 6 nitrogen and oxygen atoms in total. The van der Waals surface area contributed by atoms with Crippen molar-refractivity contribution in [3.05, 3.63) is 30.3 Å². The topological polar surface area (TPSA) is 81.1 Å². The molecule has 100 valence electrons. The van der Waals surface area contributed by atoms with Crippen molar-refractivity contribution in [2.45, 2.75) is 25.4 Å². The molecule has 0 spiro atoms. The molecule has 6 heteroatoms. The SMILES string of the molecule is N[C@@H]1CCCN(Cc2nc(-c3ccccn3)no2)C1. The van der Waals surface area contributed by atoms with E-state index in [0.29, 0.717) is 18.3 Å². The molecule has 1 atom stereocenters. The maximum Gasteiger partial charge on any atom is 0.241 e. The van der Waals surface area contributed by atoms with Gasteiger partial charge in [-0.05, 0) is 31.5 Å². The van der Waals surface area contributed by atoms with Crippen LogP contribution in [0, 0.1) is 0 Å². The lowest BCUT2D eigenvalue weighted by molar-refractivity contribution is 0.178. The van der Waals surface area contributed by atoms with Crippen LogP contribution < -0.4 is 5.73 Å². The summed E-state index contributed by atoms with van der Waals surface area (Å²) in [4.78, 5) is 10.8. The molecule has 2 aromatic heterocycles. The van der Waals surface area contributed by atoms with Crippen molar-refractivity contribution in [1.29, 1.82) is 0 Å². The summed E-state index contributed by atoms with van der Waals surface area (Å²) in [6, 6.07) is 5.89. The first-order valence-electron chi connectivity index (χ1n) is 6.53. The lowest BCUT2D eigenvalue weighted by Gasteiger charge is -2.29. The van der Waals surface area contributed by atoms with Gasteiger partial charge in [0.25, 0.3) is 0 Å². The Labute approximate surface area is 111 Å². The fourth-order valence-corrected chi connectivity index (χ4v) is 2.34. The van der Waals surface area contributed by atoms with Gasteiger partial charge in [-0.25, -0.2) is 0 Å². The van der Waals surface area contributed by atoms with E-state index in [-0.39, 0.29) is 6.04 Å². The van der Waals surface area contributed by atoms with Crippen molar-refractivity contribution >= 4 is 0 Å². The molecule has 1 aliphatic heterocycles. The Morgan fingerprint density at radius 1 is 1.42 bits per heavy atom.